The third-order valence-corrected chi connectivity index (χ3v) is 7.01. The highest BCUT2D eigenvalue weighted by Crippen LogP contribution is 2.24. The van der Waals surface area contributed by atoms with Crippen molar-refractivity contribution in [3.63, 3.8) is 0 Å². The minimum absolute atomic E-state index is 0.0632. The molecule has 0 saturated carbocycles. The van der Waals surface area contributed by atoms with E-state index in [-0.39, 0.29) is 11.6 Å². The SMILES string of the molecule is CCN(Cc1cc(-n2c3nc(Nc4ccc5c(c4)CCNC5)ncc3c(=O)n2C(C)C)ccn1)C(C)C. The number of rotatable bonds is 8. The number of fused-ring (bicyclic) bond motifs is 2. The molecule has 4 aromatic rings. The summed E-state index contributed by atoms with van der Waals surface area (Å²) in [5.41, 5.74) is 5.88. The molecule has 3 aromatic heterocycles. The molecule has 0 unspecified atom stereocenters. The zero-order valence-electron chi connectivity index (χ0n) is 22.3. The number of pyridine rings is 1. The molecule has 4 heterocycles. The Balaban J connectivity index is 1.57. The Morgan fingerprint density at radius 2 is 1.95 bits per heavy atom. The first kappa shape index (κ1) is 25.1. The fourth-order valence-corrected chi connectivity index (χ4v) is 5.01. The van der Waals surface area contributed by atoms with Crippen molar-refractivity contribution in [2.45, 2.75) is 66.2 Å². The molecule has 0 aliphatic carbocycles. The van der Waals surface area contributed by atoms with Gasteiger partial charge in [0.15, 0.2) is 5.65 Å². The minimum atomic E-state index is -0.103. The van der Waals surface area contributed by atoms with E-state index in [0.717, 1.165) is 49.7 Å². The minimum Gasteiger partial charge on any atom is -0.324 e. The van der Waals surface area contributed by atoms with E-state index in [1.54, 1.807) is 10.9 Å². The number of hydrogen-bond donors (Lipinski definition) is 2. The van der Waals surface area contributed by atoms with Crippen LogP contribution < -0.4 is 16.2 Å². The Morgan fingerprint density at radius 1 is 1.11 bits per heavy atom. The first-order valence-electron chi connectivity index (χ1n) is 13.1. The smallest absolute Gasteiger partial charge is 0.278 e. The van der Waals surface area contributed by atoms with E-state index >= 15 is 0 Å². The molecule has 0 fully saturated rings. The summed E-state index contributed by atoms with van der Waals surface area (Å²) in [4.78, 5) is 29.7. The van der Waals surface area contributed by atoms with Crippen molar-refractivity contribution in [3.05, 3.63) is 69.9 Å². The van der Waals surface area contributed by atoms with Crippen molar-refractivity contribution in [1.82, 2.24) is 34.5 Å². The molecule has 0 spiro atoms. The summed E-state index contributed by atoms with van der Waals surface area (Å²) < 4.78 is 3.65. The van der Waals surface area contributed by atoms with Crippen molar-refractivity contribution >= 4 is 22.7 Å². The van der Waals surface area contributed by atoms with Gasteiger partial charge in [0, 0.05) is 43.3 Å². The molecule has 1 aliphatic heterocycles. The second kappa shape index (κ2) is 10.4. The van der Waals surface area contributed by atoms with Gasteiger partial charge in [0.1, 0.15) is 5.39 Å². The van der Waals surface area contributed by atoms with Gasteiger partial charge in [-0.15, -0.1) is 0 Å². The van der Waals surface area contributed by atoms with Crippen LogP contribution in [-0.2, 0) is 19.5 Å². The van der Waals surface area contributed by atoms with E-state index in [0.29, 0.717) is 23.0 Å². The van der Waals surface area contributed by atoms with E-state index in [4.69, 9.17) is 4.98 Å². The fourth-order valence-electron chi connectivity index (χ4n) is 5.01. The van der Waals surface area contributed by atoms with Crippen LogP contribution in [-0.4, -0.2) is 48.3 Å². The van der Waals surface area contributed by atoms with Gasteiger partial charge < -0.3 is 10.6 Å². The molecule has 2 N–H and O–H groups in total. The molecule has 9 heteroatoms. The van der Waals surface area contributed by atoms with E-state index in [1.807, 2.05) is 30.8 Å². The lowest BCUT2D eigenvalue weighted by Crippen LogP contribution is -2.30. The second-order valence-electron chi connectivity index (χ2n) is 10.2. The maximum absolute atomic E-state index is 13.4. The van der Waals surface area contributed by atoms with Crippen molar-refractivity contribution in [3.8, 4) is 5.69 Å². The van der Waals surface area contributed by atoms with Crippen LogP contribution in [0.2, 0.25) is 0 Å². The summed E-state index contributed by atoms with van der Waals surface area (Å²) in [5, 5.41) is 7.25. The van der Waals surface area contributed by atoms with E-state index in [1.165, 1.54) is 11.1 Å². The van der Waals surface area contributed by atoms with Gasteiger partial charge in [0.2, 0.25) is 5.95 Å². The van der Waals surface area contributed by atoms with Gasteiger partial charge in [-0.1, -0.05) is 13.0 Å². The van der Waals surface area contributed by atoms with Gasteiger partial charge in [-0.3, -0.25) is 14.7 Å². The monoisotopic (exact) mass is 500 g/mol. The average Bonchev–Trinajstić information content (AvgIpc) is 3.19. The normalized spacial score (nSPS) is 13.6. The molecular formula is C28H36N8O. The molecule has 1 aliphatic rings. The van der Waals surface area contributed by atoms with Gasteiger partial charge in [-0.05, 0) is 82.6 Å². The van der Waals surface area contributed by atoms with Gasteiger partial charge in [0.05, 0.1) is 11.4 Å². The molecule has 9 nitrogen and oxygen atoms in total. The first-order chi connectivity index (χ1) is 17.9. The fraction of sp³-hybridized carbons (Fsp3) is 0.429. The third-order valence-electron chi connectivity index (χ3n) is 7.01. The van der Waals surface area contributed by atoms with Gasteiger partial charge >= 0.3 is 0 Å². The summed E-state index contributed by atoms with van der Waals surface area (Å²) in [6.45, 7) is 14.1. The lowest BCUT2D eigenvalue weighted by atomic mass is 10.0. The van der Waals surface area contributed by atoms with E-state index in [9.17, 15) is 4.79 Å². The maximum Gasteiger partial charge on any atom is 0.278 e. The van der Waals surface area contributed by atoms with Crippen LogP contribution in [0.15, 0.2) is 47.5 Å². The van der Waals surface area contributed by atoms with Crippen LogP contribution in [0, 0.1) is 0 Å². The summed E-state index contributed by atoms with van der Waals surface area (Å²) in [5.74, 6) is 0.460. The third kappa shape index (κ3) is 5.01. The molecule has 0 bridgehead atoms. The summed E-state index contributed by atoms with van der Waals surface area (Å²) in [6, 6.07) is 10.7. The van der Waals surface area contributed by atoms with Gasteiger partial charge in [-0.25, -0.2) is 14.3 Å². The highest BCUT2D eigenvalue weighted by atomic mass is 16.1. The van der Waals surface area contributed by atoms with Crippen LogP contribution in [0.1, 0.15) is 57.5 Å². The summed E-state index contributed by atoms with van der Waals surface area (Å²) >= 11 is 0. The van der Waals surface area contributed by atoms with E-state index in [2.05, 4.69) is 70.5 Å². The van der Waals surface area contributed by atoms with Gasteiger partial charge in [-0.2, -0.15) is 4.98 Å². The predicted octanol–water partition coefficient (Wildman–Crippen LogP) is 4.18. The molecule has 1 aromatic carbocycles. The highest BCUT2D eigenvalue weighted by molar-refractivity contribution is 5.77. The second-order valence-corrected chi connectivity index (χ2v) is 10.2. The van der Waals surface area contributed by atoms with Crippen LogP contribution in [0.5, 0.6) is 0 Å². The van der Waals surface area contributed by atoms with Crippen molar-refractivity contribution in [1.29, 1.82) is 0 Å². The Kier molecular flexibility index (Phi) is 7.08. The van der Waals surface area contributed by atoms with Crippen LogP contribution >= 0.6 is 0 Å². The summed E-state index contributed by atoms with van der Waals surface area (Å²) in [7, 11) is 0. The van der Waals surface area contributed by atoms with Crippen LogP contribution in [0.25, 0.3) is 16.7 Å². The lowest BCUT2D eigenvalue weighted by molar-refractivity contribution is 0.222. The first-order valence-corrected chi connectivity index (χ1v) is 13.1. The lowest BCUT2D eigenvalue weighted by Gasteiger charge is -2.24. The Bertz CT molecular complexity index is 1470. The van der Waals surface area contributed by atoms with Crippen molar-refractivity contribution in [2.24, 2.45) is 0 Å². The molecule has 0 radical (unpaired) electrons. The molecule has 0 atom stereocenters. The van der Waals surface area contributed by atoms with Crippen molar-refractivity contribution in [2.75, 3.05) is 18.4 Å². The van der Waals surface area contributed by atoms with Crippen LogP contribution in [0.3, 0.4) is 0 Å². The molecular weight excluding hydrogens is 464 g/mol. The molecule has 194 valence electrons. The number of aromatic nitrogens is 5. The Labute approximate surface area is 217 Å². The largest absolute Gasteiger partial charge is 0.324 e. The molecule has 0 amide bonds. The molecule has 37 heavy (non-hydrogen) atoms. The maximum atomic E-state index is 13.4. The predicted molar refractivity (Wildman–Crippen MR) is 148 cm³/mol. The average molecular weight is 501 g/mol. The highest BCUT2D eigenvalue weighted by Gasteiger charge is 2.20. The summed E-state index contributed by atoms with van der Waals surface area (Å²) in [6.07, 6.45) is 4.44. The Morgan fingerprint density at radius 3 is 2.70 bits per heavy atom. The van der Waals surface area contributed by atoms with Crippen molar-refractivity contribution < 1.29 is 0 Å². The number of nitrogens with one attached hydrogen (secondary N) is 2. The van der Waals surface area contributed by atoms with E-state index < -0.39 is 0 Å². The van der Waals surface area contributed by atoms with Gasteiger partial charge in [0.25, 0.3) is 5.56 Å². The number of benzene rings is 1. The topological polar surface area (TPSA) is 92.9 Å². The Hall–Kier alpha value is -3.56. The quantitative estimate of drug-likeness (QED) is 0.375. The van der Waals surface area contributed by atoms with Crippen LogP contribution in [0.4, 0.5) is 11.6 Å². The molecule has 0 saturated heterocycles. The molecule has 5 rings (SSSR count). The zero-order valence-corrected chi connectivity index (χ0v) is 22.3. The zero-order chi connectivity index (χ0) is 26.1. The number of hydrogen-bond acceptors (Lipinski definition) is 7. The number of nitrogens with zero attached hydrogens (tertiary/aromatic N) is 6. The standard InChI is InChI=1S/C28H36N8O/c1-6-34(18(2)3)17-23-14-24(10-12-30-23)36-26-25(27(37)35(36)19(4)5)16-31-28(33-26)32-22-8-7-21-15-29-11-9-20(21)13-22/h7-8,10,12-14,16,18-19,29H,6,9,11,15,17H2,1-5H3,(H,31,32,33). The number of anilines is 2.